The first-order valence-electron chi connectivity index (χ1n) is 6.15. The molecule has 0 bridgehead atoms. The van der Waals surface area contributed by atoms with Gasteiger partial charge in [-0.1, -0.05) is 36.2 Å². The van der Waals surface area contributed by atoms with Crippen LogP contribution in [0.5, 0.6) is 0 Å². The smallest absolute Gasteiger partial charge is 0.133 e. The summed E-state index contributed by atoms with van der Waals surface area (Å²) in [4.78, 5) is 8.77. The number of hydrogen-bond donors (Lipinski definition) is 1. The molecule has 0 saturated carbocycles. The Morgan fingerprint density at radius 2 is 1.89 bits per heavy atom. The first-order valence-corrected chi connectivity index (χ1v) is 6.90. The molecule has 100 valence electrons. The highest BCUT2D eigenvalue weighted by atomic mass is 35.5. The van der Waals surface area contributed by atoms with E-state index in [9.17, 15) is 0 Å². The van der Waals surface area contributed by atoms with Crippen molar-refractivity contribution in [3.8, 4) is 0 Å². The van der Waals surface area contributed by atoms with E-state index in [0.29, 0.717) is 16.5 Å². The molecule has 0 aliphatic heterocycles. The first-order chi connectivity index (χ1) is 9.20. The third kappa shape index (κ3) is 3.90. The number of rotatable bonds is 5. The third-order valence-corrected chi connectivity index (χ3v) is 3.42. The Morgan fingerprint density at radius 1 is 1.16 bits per heavy atom. The summed E-state index contributed by atoms with van der Waals surface area (Å²) in [5.74, 6) is 0.727. The summed E-state index contributed by atoms with van der Waals surface area (Å²) < 4.78 is 0. The monoisotopic (exact) mass is 295 g/mol. The summed E-state index contributed by atoms with van der Waals surface area (Å²) in [5, 5.41) is 4.53. The number of hydrogen-bond acceptors (Lipinski definition) is 3. The summed E-state index contributed by atoms with van der Waals surface area (Å²) in [7, 11) is 0. The van der Waals surface area contributed by atoms with Crippen molar-refractivity contribution >= 4 is 23.2 Å². The first kappa shape index (κ1) is 14.3. The van der Waals surface area contributed by atoms with Crippen LogP contribution >= 0.6 is 23.2 Å². The van der Waals surface area contributed by atoms with E-state index in [4.69, 9.17) is 23.2 Å². The highest BCUT2D eigenvalue weighted by Crippen LogP contribution is 2.25. The zero-order valence-corrected chi connectivity index (χ0v) is 12.2. The van der Waals surface area contributed by atoms with Crippen LogP contribution in [0.4, 0.5) is 0 Å². The molecule has 0 amide bonds. The fourth-order valence-electron chi connectivity index (χ4n) is 1.74. The molecule has 1 aromatic heterocycles. The van der Waals surface area contributed by atoms with E-state index in [-0.39, 0.29) is 0 Å². The van der Waals surface area contributed by atoms with Gasteiger partial charge in [-0.25, -0.2) is 9.97 Å². The van der Waals surface area contributed by atoms with Crippen molar-refractivity contribution in [1.82, 2.24) is 15.3 Å². The molecule has 0 unspecified atom stereocenters. The largest absolute Gasteiger partial charge is 0.311 e. The van der Waals surface area contributed by atoms with Crippen LogP contribution in [0.15, 0.2) is 30.5 Å². The lowest BCUT2D eigenvalue weighted by Gasteiger charge is -2.07. The number of aromatic nitrogens is 2. The normalized spacial score (nSPS) is 10.7. The van der Waals surface area contributed by atoms with Gasteiger partial charge in [-0.05, 0) is 30.3 Å². The second kappa shape index (κ2) is 6.85. The standard InChI is InChI=1S/C14H15Cl2N3/c1-2-17-9-10-6-7-18-14(19-10)8-11-12(15)4-3-5-13(11)16/h3-7,17H,2,8-9H2,1H3. The van der Waals surface area contributed by atoms with E-state index in [0.717, 1.165) is 30.2 Å². The highest BCUT2D eigenvalue weighted by Gasteiger charge is 2.08. The Hall–Kier alpha value is -1.16. The van der Waals surface area contributed by atoms with Gasteiger partial charge in [-0.3, -0.25) is 0 Å². The zero-order chi connectivity index (χ0) is 13.7. The Bertz CT molecular complexity index is 538. The predicted octanol–water partition coefficient (Wildman–Crippen LogP) is 3.48. The minimum atomic E-state index is 0.540. The predicted molar refractivity (Wildman–Crippen MR) is 78.7 cm³/mol. The zero-order valence-electron chi connectivity index (χ0n) is 10.7. The number of nitrogens with zero attached hydrogens (tertiary/aromatic N) is 2. The lowest BCUT2D eigenvalue weighted by Crippen LogP contribution is -2.14. The molecular formula is C14H15Cl2N3. The van der Waals surface area contributed by atoms with E-state index < -0.39 is 0 Å². The molecule has 1 heterocycles. The molecule has 2 rings (SSSR count). The highest BCUT2D eigenvalue weighted by molar-refractivity contribution is 6.36. The van der Waals surface area contributed by atoms with Crippen molar-refractivity contribution in [2.75, 3.05) is 6.54 Å². The van der Waals surface area contributed by atoms with Crippen LogP contribution in [-0.4, -0.2) is 16.5 Å². The van der Waals surface area contributed by atoms with Gasteiger partial charge in [0.2, 0.25) is 0 Å². The van der Waals surface area contributed by atoms with Gasteiger partial charge in [0.15, 0.2) is 0 Å². The van der Waals surface area contributed by atoms with Gasteiger partial charge in [0.05, 0.1) is 5.69 Å². The molecule has 0 saturated heterocycles. The SMILES string of the molecule is CCNCc1ccnc(Cc2c(Cl)cccc2Cl)n1. The molecule has 2 aromatic rings. The van der Waals surface area contributed by atoms with E-state index >= 15 is 0 Å². The third-order valence-electron chi connectivity index (χ3n) is 2.72. The van der Waals surface area contributed by atoms with E-state index in [1.165, 1.54) is 0 Å². The quantitative estimate of drug-likeness (QED) is 0.918. The maximum atomic E-state index is 6.15. The van der Waals surface area contributed by atoms with E-state index in [2.05, 4.69) is 22.2 Å². The lowest BCUT2D eigenvalue weighted by atomic mass is 10.1. The maximum absolute atomic E-state index is 6.15. The Balaban J connectivity index is 2.19. The Labute approximate surface area is 123 Å². The molecule has 0 aliphatic rings. The molecule has 5 heteroatoms. The van der Waals surface area contributed by atoms with Crippen molar-refractivity contribution < 1.29 is 0 Å². The molecule has 19 heavy (non-hydrogen) atoms. The fourth-order valence-corrected chi connectivity index (χ4v) is 2.27. The average Bonchev–Trinajstić information content (AvgIpc) is 2.41. The molecule has 0 atom stereocenters. The molecular weight excluding hydrogens is 281 g/mol. The average molecular weight is 296 g/mol. The van der Waals surface area contributed by atoms with Gasteiger partial charge in [0.1, 0.15) is 5.82 Å². The minimum Gasteiger partial charge on any atom is -0.311 e. The molecule has 3 nitrogen and oxygen atoms in total. The fraction of sp³-hybridized carbons (Fsp3) is 0.286. The number of benzene rings is 1. The summed E-state index contributed by atoms with van der Waals surface area (Å²) in [6.45, 7) is 3.71. The number of halogens is 2. The van der Waals surface area contributed by atoms with Crippen LogP contribution in [0.25, 0.3) is 0 Å². The second-order valence-electron chi connectivity index (χ2n) is 4.12. The van der Waals surface area contributed by atoms with Crippen molar-refractivity contribution in [3.05, 3.63) is 57.6 Å². The molecule has 1 aromatic carbocycles. The van der Waals surface area contributed by atoms with E-state index in [1.54, 1.807) is 6.20 Å². The van der Waals surface area contributed by atoms with E-state index in [1.807, 2.05) is 24.3 Å². The van der Waals surface area contributed by atoms with Gasteiger partial charge in [0, 0.05) is 29.2 Å². The van der Waals surface area contributed by atoms with Crippen LogP contribution in [0.2, 0.25) is 10.0 Å². The van der Waals surface area contributed by atoms with Crippen molar-refractivity contribution in [2.24, 2.45) is 0 Å². The summed E-state index contributed by atoms with van der Waals surface area (Å²) in [5.41, 5.74) is 1.83. The summed E-state index contributed by atoms with van der Waals surface area (Å²) in [6, 6.07) is 7.38. The Kier molecular flexibility index (Phi) is 5.14. The van der Waals surface area contributed by atoms with Crippen molar-refractivity contribution in [1.29, 1.82) is 0 Å². The molecule has 0 aliphatic carbocycles. The lowest BCUT2D eigenvalue weighted by molar-refractivity contribution is 0.702. The number of nitrogens with one attached hydrogen (secondary N) is 1. The van der Waals surface area contributed by atoms with Gasteiger partial charge >= 0.3 is 0 Å². The van der Waals surface area contributed by atoms with Gasteiger partial charge in [-0.15, -0.1) is 0 Å². The minimum absolute atomic E-state index is 0.540. The Morgan fingerprint density at radius 3 is 2.58 bits per heavy atom. The topological polar surface area (TPSA) is 37.8 Å². The molecule has 0 fully saturated rings. The van der Waals surface area contributed by atoms with Crippen molar-refractivity contribution in [3.63, 3.8) is 0 Å². The molecule has 0 radical (unpaired) electrons. The van der Waals surface area contributed by atoms with Crippen LogP contribution in [-0.2, 0) is 13.0 Å². The van der Waals surface area contributed by atoms with Crippen LogP contribution in [0.3, 0.4) is 0 Å². The van der Waals surface area contributed by atoms with Gasteiger partial charge < -0.3 is 5.32 Å². The van der Waals surface area contributed by atoms with Crippen LogP contribution in [0, 0.1) is 0 Å². The van der Waals surface area contributed by atoms with Crippen molar-refractivity contribution in [2.45, 2.75) is 19.9 Å². The second-order valence-corrected chi connectivity index (χ2v) is 4.94. The molecule has 1 N–H and O–H groups in total. The van der Waals surface area contributed by atoms with Gasteiger partial charge in [0.25, 0.3) is 0 Å². The maximum Gasteiger partial charge on any atom is 0.133 e. The molecule has 0 spiro atoms. The summed E-state index contributed by atoms with van der Waals surface area (Å²) in [6.07, 6.45) is 2.30. The van der Waals surface area contributed by atoms with Gasteiger partial charge in [-0.2, -0.15) is 0 Å². The summed E-state index contributed by atoms with van der Waals surface area (Å²) >= 11 is 12.3. The van der Waals surface area contributed by atoms with Crippen LogP contribution in [0.1, 0.15) is 24.0 Å². The van der Waals surface area contributed by atoms with Crippen LogP contribution < -0.4 is 5.32 Å².